The van der Waals surface area contributed by atoms with Crippen LogP contribution in [0.3, 0.4) is 0 Å². The van der Waals surface area contributed by atoms with Crippen molar-refractivity contribution in [2.75, 3.05) is 33.0 Å². The summed E-state index contributed by atoms with van der Waals surface area (Å²) in [5.41, 5.74) is 6.86. The number of phenolic OH excluding ortho intramolecular Hbond substituents is 1. The molecule has 222 valence electrons. The molecular weight excluding hydrogens is 526 g/mol. The number of benzene rings is 3. The molecule has 0 saturated heterocycles. The molecule has 4 rings (SSSR count). The third kappa shape index (κ3) is 8.60. The van der Waals surface area contributed by atoms with Crippen molar-refractivity contribution in [3.05, 3.63) is 76.9 Å². The van der Waals surface area contributed by atoms with Gasteiger partial charge in [-0.25, -0.2) is 15.0 Å². The van der Waals surface area contributed by atoms with Crippen molar-refractivity contribution in [3.8, 4) is 45.7 Å². The highest BCUT2D eigenvalue weighted by Gasteiger charge is 2.17. The largest absolute Gasteiger partial charge is 0.507 e. The standard InChI is InChI=1S/C35H43N3O4/c1-6-7-8-9-16-40-17-18-41-19-20-42-28-12-15-31(32(39)23-28)35-37-33(29-13-10-24(2)21-26(29)4)36-34(38-35)30-14-11-25(3)22-27(30)5/h10-15,21-23,39H,6-9,16-20H2,1-5H3. The Morgan fingerprint density at radius 3 is 1.64 bits per heavy atom. The first kappa shape index (κ1) is 31.1. The minimum absolute atomic E-state index is 0.0363. The first-order valence-corrected chi connectivity index (χ1v) is 14.9. The quantitative estimate of drug-likeness (QED) is 0.146. The van der Waals surface area contributed by atoms with Crippen LogP contribution in [0, 0.1) is 27.7 Å². The number of aromatic hydroxyl groups is 1. The van der Waals surface area contributed by atoms with Gasteiger partial charge in [-0.2, -0.15) is 0 Å². The lowest BCUT2D eigenvalue weighted by atomic mass is 10.0. The first-order valence-electron chi connectivity index (χ1n) is 14.9. The molecule has 0 unspecified atom stereocenters. The number of hydrogen-bond acceptors (Lipinski definition) is 7. The van der Waals surface area contributed by atoms with Crippen LogP contribution in [-0.4, -0.2) is 53.1 Å². The van der Waals surface area contributed by atoms with Gasteiger partial charge >= 0.3 is 0 Å². The van der Waals surface area contributed by atoms with E-state index in [2.05, 4.69) is 58.9 Å². The summed E-state index contributed by atoms with van der Waals surface area (Å²) in [5.74, 6) is 2.11. The summed E-state index contributed by atoms with van der Waals surface area (Å²) < 4.78 is 17.0. The predicted octanol–water partition coefficient (Wildman–Crippen LogP) is 7.80. The molecule has 42 heavy (non-hydrogen) atoms. The van der Waals surface area contributed by atoms with Crippen LogP contribution in [0.5, 0.6) is 11.5 Å². The summed E-state index contributed by atoms with van der Waals surface area (Å²) >= 11 is 0. The summed E-state index contributed by atoms with van der Waals surface area (Å²) in [4.78, 5) is 14.5. The van der Waals surface area contributed by atoms with Gasteiger partial charge in [0, 0.05) is 23.8 Å². The Hall–Kier alpha value is -3.81. The molecule has 0 aliphatic carbocycles. The Bertz CT molecular complexity index is 1400. The second-order valence-corrected chi connectivity index (χ2v) is 10.8. The molecule has 0 saturated carbocycles. The molecule has 0 amide bonds. The second-order valence-electron chi connectivity index (χ2n) is 10.8. The summed E-state index contributed by atoms with van der Waals surface area (Å²) in [6, 6.07) is 17.6. The number of aromatic nitrogens is 3. The van der Waals surface area contributed by atoms with Crippen LogP contribution in [0.15, 0.2) is 54.6 Å². The highest BCUT2D eigenvalue weighted by molar-refractivity contribution is 5.72. The summed E-state index contributed by atoms with van der Waals surface area (Å²) in [7, 11) is 0. The average Bonchev–Trinajstić information content (AvgIpc) is 2.95. The highest BCUT2D eigenvalue weighted by Crippen LogP contribution is 2.34. The number of nitrogens with zero attached hydrogens (tertiary/aromatic N) is 3. The molecule has 0 radical (unpaired) electrons. The van der Waals surface area contributed by atoms with E-state index in [9.17, 15) is 5.11 Å². The molecule has 0 aliphatic rings. The Balaban J connectivity index is 1.47. The van der Waals surface area contributed by atoms with Crippen molar-refractivity contribution >= 4 is 0 Å². The number of phenols is 1. The average molecular weight is 570 g/mol. The molecule has 7 heteroatoms. The third-order valence-corrected chi connectivity index (χ3v) is 7.10. The Labute approximate surface area is 250 Å². The van der Waals surface area contributed by atoms with Crippen LogP contribution < -0.4 is 4.74 Å². The fraction of sp³-hybridized carbons (Fsp3) is 0.400. The van der Waals surface area contributed by atoms with E-state index in [1.807, 2.05) is 18.2 Å². The van der Waals surface area contributed by atoms with Crippen molar-refractivity contribution in [2.45, 2.75) is 60.3 Å². The Morgan fingerprint density at radius 1 is 0.571 bits per heavy atom. The highest BCUT2D eigenvalue weighted by atomic mass is 16.5. The van der Waals surface area contributed by atoms with Gasteiger partial charge in [-0.3, -0.25) is 0 Å². The van der Waals surface area contributed by atoms with Gasteiger partial charge < -0.3 is 19.3 Å². The molecule has 1 N–H and O–H groups in total. The van der Waals surface area contributed by atoms with Crippen LogP contribution in [0.1, 0.15) is 54.9 Å². The maximum Gasteiger partial charge on any atom is 0.167 e. The van der Waals surface area contributed by atoms with Gasteiger partial charge in [0.15, 0.2) is 17.5 Å². The number of unbranched alkanes of at least 4 members (excludes halogenated alkanes) is 3. The molecule has 0 spiro atoms. The Morgan fingerprint density at radius 2 is 1.10 bits per heavy atom. The minimum Gasteiger partial charge on any atom is -0.507 e. The van der Waals surface area contributed by atoms with E-state index in [0.29, 0.717) is 55.2 Å². The predicted molar refractivity (Wildman–Crippen MR) is 168 cm³/mol. The van der Waals surface area contributed by atoms with E-state index >= 15 is 0 Å². The van der Waals surface area contributed by atoms with Gasteiger partial charge in [0.05, 0.1) is 25.4 Å². The summed E-state index contributed by atoms with van der Waals surface area (Å²) in [5, 5.41) is 11.0. The third-order valence-electron chi connectivity index (χ3n) is 7.10. The molecule has 0 aliphatic heterocycles. The molecule has 0 bridgehead atoms. The number of aryl methyl sites for hydroxylation is 4. The summed E-state index contributed by atoms with van der Waals surface area (Å²) in [6.45, 7) is 13.1. The number of ether oxygens (including phenoxy) is 3. The van der Waals surface area contributed by atoms with Gasteiger partial charge in [0.2, 0.25) is 0 Å². The van der Waals surface area contributed by atoms with E-state index in [-0.39, 0.29) is 5.75 Å². The van der Waals surface area contributed by atoms with Gasteiger partial charge in [0.25, 0.3) is 0 Å². The lowest BCUT2D eigenvalue weighted by Gasteiger charge is -2.13. The zero-order chi connectivity index (χ0) is 29.9. The van der Waals surface area contributed by atoms with Crippen molar-refractivity contribution in [3.63, 3.8) is 0 Å². The van der Waals surface area contributed by atoms with Gasteiger partial charge in [-0.15, -0.1) is 0 Å². The van der Waals surface area contributed by atoms with E-state index in [1.165, 1.54) is 30.4 Å². The van der Waals surface area contributed by atoms with Gasteiger partial charge in [-0.05, 0) is 57.4 Å². The molecule has 3 aromatic carbocycles. The maximum absolute atomic E-state index is 11.0. The maximum atomic E-state index is 11.0. The molecule has 4 aromatic rings. The zero-order valence-electron chi connectivity index (χ0n) is 25.6. The van der Waals surface area contributed by atoms with Crippen LogP contribution in [0.4, 0.5) is 0 Å². The van der Waals surface area contributed by atoms with E-state index in [1.54, 1.807) is 12.1 Å². The SMILES string of the molecule is CCCCCCOCCOCCOc1ccc(-c2nc(-c3ccc(C)cc3C)nc(-c3ccc(C)cc3C)n2)c(O)c1. The van der Waals surface area contributed by atoms with Crippen molar-refractivity contribution in [2.24, 2.45) is 0 Å². The minimum atomic E-state index is 0.0363. The van der Waals surface area contributed by atoms with Crippen LogP contribution >= 0.6 is 0 Å². The van der Waals surface area contributed by atoms with Crippen molar-refractivity contribution in [1.29, 1.82) is 0 Å². The number of hydrogen-bond donors (Lipinski definition) is 1. The van der Waals surface area contributed by atoms with Crippen LogP contribution in [-0.2, 0) is 9.47 Å². The first-order chi connectivity index (χ1) is 20.4. The van der Waals surface area contributed by atoms with E-state index < -0.39 is 0 Å². The molecule has 0 fully saturated rings. The molecular formula is C35H43N3O4. The van der Waals surface area contributed by atoms with Crippen LogP contribution in [0.25, 0.3) is 34.2 Å². The lowest BCUT2D eigenvalue weighted by molar-refractivity contribution is 0.0352. The lowest BCUT2D eigenvalue weighted by Crippen LogP contribution is -2.11. The van der Waals surface area contributed by atoms with E-state index in [0.717, 1.165) is 35.3 Å². The monoisotopic (exact) mass is 569 g/mol. The molecule has 1 heterocycles. The topological polar surface area (TPSA) is 86.6 Å². The van der Waals surface area contributed by atoms with Crippen molar-refractivity contribution in [1.82, 2.24) is 15.0 Å². The van der Waals surface area contributed by atoms with Gasteiger partial charge in [0.1, 0.15) is 18.1 Å². The molecule has 1 aromatic heterocycles. The van der Waals surface area contributed by atoms with Crippen molar-refractivity contribution < 1.29 is 19.3 Å². The fourth-order valence-electron chi connectivity index (χ4n) is 4.83. The van der Waals surface area contributed by atoms with E-state index in [4.69, 9.17) is 29.2 Å². The number of rotatable bonds is 15. The zero-order valence-corrected chi connectivity index (χ0v) is 25.6. The fourth-order valence-corrected chi connectivity index (χ4v) is 4.83. The van der Waals surface area contributed by atoms with Gasteiger partial charge in [-0.1, -0.05) is 73.7 Å². The smallest absolute Gasteiger partial charge is 0.167 e. The normalized spacial score (nSPS) is 11.2. The summed E-state index contributed by atoms with van der Waals surface area (Å²) in [6.07, 6.45) is 4.79. The molecule has 7 nitrogen and oxygen atoms in total. The second kappa shape index (κ2) is 15.4. The molecule has 0 atom stereocenters. The Kier molecular flexibility index (Phi) is 11.4. The van der Waals surface area contributed by atoms with Crippen LogP contribution in [0.2, 0.25) is 0 Å².